The summed E-state index contributed by atoms with van der Waals surface area (Å²) in [6.45, 7) is 1.74. The van der Waals surface area contributed by atoms with Gasteiger partial charge >= 0.3 is 0 Å². The lowest BCUT2D eigenvalue weighted by Crippen LogP contribution is -2.37. The molecule has 1 aromatic rings. The van der Waals surface area contributed by atoms with Crippen molar-refractivity contribution in [3.63, 3.8) is 0 Å². The summed E-state index contributed by atoms with van der Waals surface area (Å²) in [6.07, 6.45) is 0.768. The molecule has 1 aliphatic rings. The summed E-state index contributed by atoms with van der Waals surface area (Å²) in [5.41, 5.74) is 1.03. The number of rotatable bonds is 3. The number of benzene rings is 1. The standard InChI is InChI=1S/C12H13N3O4/c1-7-2-3-8(15(18)19)6-10(7)14-12(17)9-4-5-11(16)13-9/h2-3,6,9H,4-5H2,1H3,(H,13,16)(H,14,17)/t9-/m1/s1. The maximum Gasteiger partial charge on any atom is 0.271 e. The van der Waals surface area contributed by atoms with E-state index < -0.39 is 11.0 Å². The maximum absolute atomic E-state index is 11.9. The normalized spacial score (nSPS) is 17.9. The highest BCUT2D eigenvalue weighted by Gasteiger charge is 2.27. The number of carbonyl (C=O) groups excluding carboxylic acids is 2. The average molecular weight is 263 g/mol. The van der Waals surface area contributed by atoms with Gasteiger partial charge in [-0.3, -0.25) is 19.7 Å². The largest absolute Gasteiger partial charge is 0.344 e. The first-order chi connectivity index (χ1) is 8.97. The van der Waals surface area contributed by atoms with Gasteiger partial charge in [-0.1, -0.05) is 6.07 Å². The molecule has 0 spiro atoms. The monoisotopic (exact) mass is 263 g/mol. The van der Waals surface area contributed by atoms with Gasteiger partial charge in [0.1, 0.15) is 6.04 Å². The lowest BCUT2D eigenvalue weighted by Gasteiger charge is -2.12. The van der Waals surface area contributed by atoms with Crippen molar-refractivity contribution < 1.29 is 14.5 Å². The number of nitrogens with one attached hydrogen (secondary N) is 2. The zero-order chi connectivity index (χ0) is 14.0. The molecule has 0 bridgehead atoms. The van der Waals surface area contributed by atoms with Gasteiger partial charge in [0.05, 0.1) is 10.6 Å². The van der Waals surface area contributed by atoms with Crippen LogP contribution in [-0.4, -0.2) is 22.8 Å². The molecule has 19 heavy (non-hydrogen) atoms. The van der Waals surface area contributed by atoms with Crippen molar-refractivity contribution in [3.05, 3.63) is 33.9 Å². The molecular formula is C12H13N3O4. The van der Waals surface area contributed by atoms with Gasteiger partial charge in [0.2, 0.25) is 11.8 Å². The Morgan fingerprint density at radius 3 is 2.84 bits per heavy atom. The fraction of sp³-hybridized carbons (Fsp3) is 0.333. The molecule has 1 saturated heterocycles. The third-order valence-corrected chi connectivity index (χ3v) is 3.00. The van der Waals surface area contributed by atoms with Crippen molar-refractivity contribution >= 4 is 23.2 Å². The second kappa shape index (κ2) is 5.05. The van der Waals surface area contributed by atoms with Gasteiger partial charge in [-0.25, -0.2) is 0 Å². The molecular weight excluding hydrogens is 250 g/mol. The number of carbonyl (C=O) groups is 2. The first-order valence-corrected chi connectivity index (χ1v) is 5.82. The van der Waals surface area contributed by atoms with E-state index in [-0.39, 0.29) is 17.5 Å². The minimum absolute atomic E-state index is 0.0867. The van der Waals surface area contributed by atoms with E-state index >= 15 is 0 Å². The van der Waals surface area contributed by atoms with Gasteiger partial charge in [0.15, 0.2) is 0 Å². The summed E-state index contributed by atoms with van der Waals surface area (Å²) >= 11 is 0. The zero-order valence-corrected chi connectivity index (χ0v) is 10.3. The Morgan fingerprint density at radius 1 is 1.53 bits per heavy atom. The van der Waals surface area contributed by atoms with Crippen LogP contribution in [0.3, 0.4) is 0 Å². The molecule has 7 heteroatoms. The Morgan fingerprint density at radius 2 is 2.26 bits per heavy atom. The molecule has 0 aliphatic carbocycles. The highest BCUT2D eigenvalue weighted by atomic mass is 16.6. The number of nitro groups is 1. The number of nitro benzene ring substituents is 1. The van der Waals surface area contributed by atoms with Crippen molar-refractivity contribution in [1.82, 2.24) is 5.32 Å². The van der Waals surface area contributed by atoms with Crippen LogP contribution in [0.15, 0.2) is 18.2 Å². The average Bonchev–Trinajstić information content (AvgIpc) is 2.78. The van der Waals surface area contributed by atoms with E-state index in [2.05, 4.69) is 10.6 Å². The van der Waals surface area contributed by atoms with Crippen LogP contribution in [0.4, 0.5) is 11.4 Å². The Bertz CT molecular complexity index is 556. The van der Waals surface area contributed by atoms with Gasteiger partial charge in [-0.15, -0.1) is 0 Å². The number of non-ortho nitro benzene ring substituents is 1. The SMILES string of the molecule is Cc1ccc([N+](=O)[O-])cc1NC(=O)[C@H]1CCC(=O)N1. The summed E-state index contributed by atoms with van der Waals surface area (Å²) in [4.78, 5) is 33.1. The third kappa shape index (κ3) is 2.87. The predicted octanol–water partition coefficient (Wildman–Crippen LogP) is 1.12. The second-order valence-electron chi connectivity index (χ2n) is 4.40. The molecule has 0 aromatic heterocycles. The molecule has 1 atom stereocenters. The fourth-order valence-electron chi connectivity index (χ4n) is 1.89. The summed E-state index contributed by atoms with van der Waals surface area (Å²) in [7, 11) is 0. The van der Waals surface area contributed by atoms with Crippen LogP contribution in [0, 0.1) is 17.0 Å². The Labute approximate surface area is 109 Å². The van der Waals surface area contributed by atoms with Crippen LogP contribution in [0.2, 0.25) is 0 Å². The molecule has 1 aromatic carbocycles. The molecule has 2 rings (SSSR count). The van der Waals surface area contributed by atoms with Crippen molar-refractivity contribution in [2.75, 3.05) is 5.32 Å². The van der Waals surface area contributed by atoms with Gasteiger partial charge in [-0.2, -0.15) is 0 Å². The van der Waals surface area contributed by atoms with Crippen LogP contribution in [0.5, 0.6) is 0 Å². The number of anilines is 1. The predicted molar refractivity (Wildman–Crippen MR) is 67.6 cm³/mol. The second-order valence-corrected chi connectivity index (χ2v) is 4.40. The maximum atomic E-state index is 11.9. The molecule has 1 heterocycles. The number of amides is 2. The van der Waals surface area contributed by atoms with Crippen molar-refractivity contribution in [3.8, 4) is 0 Å². The first-order valence-electron chi connectivity index (χ1n) is 5.82. The molecule has 7 nitrogen and oxygen atoms in total. The molecule has 0 saturated carbocycles. The van der Waals surface area contributed by atoms with E-state index in [0.717, 1.165) is 5.56 Å². The van der Waals surface area contributed by atoms with Crippen molar-refractivity contribution in [2.24, 2.45) is 0 Å². The fourth-order valence-corrected chi connectivity index (χ4v) is 1.89. The van der Waals surface area contributed by atoms with Gasteiger partial charge in [0.25, 0.3) is 5.69 Å². The number of hydrogen-bond donors (Lipinski definition) is 2. The highest BCUT2D eigenvalue weighted by molar-refractivity contribution is 5.99. The van der Waals surface area contributed by atoms with Crippen LogP contribution in [0.1, 0.15) is 18.4 Å². The Kier molecular flexibility index (Phi) is 3.46. The van der Waals surface area contributed by atoms with Crippen molar-refractivity contribution in [1.29, 1.82) is 0 Å². The van der Waals surface area contributed by atoms with Gasteiger partial charge in [0, 0.05) is 18.6 Å². The van der Waals surface area contributed by atoms with Crippen LogP contribution in [0.25, 0.3) is 0 Å². The number of hydrogen-bond acceptors (Lipinski definition) is 4. The van der Waals surface area contributed by atoms with E-state index in [1.54, 1.807) is 13.0 Å². The molecule has 1 fully saturated rings. The minimum atomic E-state index is -0.564. The highest BCUT2D eigenvalue weighted by Crippen LogP contribution is 2.22. The lowest BCUT2D eigenvalue weighted by molar-refractivity contribution is -0.384. The Balaban J connectivity index is 2.14. The summed E-state index contributed by atoms with van der Waals surface area (Å²) in [5.74, 6) is -0.509. The zero-order valence-electron chi connectivity index (χ0n) is 10.3. The first kappa shape index (κ1) is 13.0. The summed E-state index contributed by atoms with van der Waals surface area (Å²) in [5, 5.41) is 15.8. The van der Waals surface area contributed by atoms with Crippen LogP contribution >= 0.6 is 0 Å². The van der Waals surface area contributed by atoms with E-state index in [9.17, 15) is 19.7 Å². The molecule has 1 aliphatic heterocycles. The molecule has 0 radical (unpaired) electrons. The van der Waals surface area contributed by atoms with Crippen LogP contribution in [-0.2, 0) is 9.59 Å². The quantitative estimate of drug-likeness (QED) is 0.630. The summed E-state index contributed by atoms with van der Waals surface area (Å²) < 4.78 is 0. The molecule has 2 amide bonds. The lowest BCUT2D eigenvalue weighted by atomic mass is 10.1. The topological polar surface area (TPSA) is 101 Å². The van der Waals surface area contributed by atoms with Crippen LogP contribution < -0.4 is 10.6 Å². The van der Waals surface area contributed by atoms with Gasteiger partial charge < -0.3 is 10.6 Å². The minimum Gasteiger partial charge on any atom is -0.344 e. The molecule has 2 N–H and O–H groups in total. The molecule has 0 unspecified atom stereocenters. The van der Waals surface area contributed by atoms with E-state index in [1.165, 1.54) is 12.1 Å². The number of nitrogens with zero attached hydrogens (tertiary/aromatic N) is 1. The smallest absolute Gasteiger partial charge is 0.271 e. The molecule has 100 valence electrons. The van der Waals surface area contributed by atoms with E-state index in [1.807, 2.05) is 0 Å². The van der Waals surface area contributed by atoms with Gasteiger partial charge in [-0.05, 0) is 18.9 Å². The van der Waals surface area contributed by atoms with E-state index in [0.29, 0.717) is 18.5 Å². The Hall–Kier alpha value is -2.44. The third-order valence-electron chi connectivity index (χ3n) is 3.00. The van der Waals surface area contributed by atoms with E-state index in [4.69, 9.17) is 0 Å². The summed E-state index contributed by atoms with van der Waals surface area (Å²) in [6, 6.07) is 3.69. The number of aryl methyl sites for hydroxylation is 1. The van der Waals surface area contributed by atoms with Crippen molar-refractivity contribution in [2.45, 2.75) is 25.8 Å².